The zero-order chi connectivity index (χ0) is 19.4. The summed E-state index contributed by atoms with van der Waals surface area (Å²) >= 11 is 0. The number of nitrogens with zero attached hydrogens (tertiary/aromatic N) is 1. The first-order valence-corrected chi connectivity index (χ1v) is 8.92. The van der Waals surface area contributed by atoms with Crippen molar-refractivity contribution >= 4 is 10.9 Å². The molecule has 6 heteroatoms. The fourth-order valence-corrected chi connectivity index (χ4v) is 2.84. The van der Waals surface area contributed by atoms with Crippen LogP contribution in [0.1, 0.15) is 25.8 Å². The average Bonchev–Trinajstić information content (AvgIpc) is 2.65. The molecule has 0 atom stereocenters. The number of ether oxygens (including phenoxy) is 2. The molecule has 0 aliphatic carbocycles. The molecule has 0 amide bonds. The highest BCUT2D eigenvalue weighted by molar-refractivity contribution is 5.77. The van der Waals surface area contributed by atoms with Crippen molar-refractivity contribution in [3.05, 3.63) is 69.0 Å². The van der Waals surface area contributed by atoms with E-state index in [1.165, 1.54) is 4.57 Å². The van der Waals surface area contributed by atoms with Crippen LogP contribution in [0.4, 0.5) is 0 Å². The van der Waals surface area contributed by atoms with E-state index >= 15 is 0 Å². The van der Waals surface area contributed by atoms with Gasteiger partial charge in [0.15, 0.2) is 11.5 Å². The zero-order valence-corrected chi connectivity index (χ0v) is 15.7. The van der Waals surface area contributed by atoms with Gasteiger partial charge in [0.25, 0.3) is 0 Å². The maximum absolute atomic E-state index is 12.2. The van der Waals surface area contributed by atoms with E-state index in [1.54, 1.807) is 31.4 Å². The van der Waals surface area contributed by atoms with Gasteiger partial charge in [0.2, 0.25) is 0 Å². The molecule has 3 rings (SSSR count). The first kappa shape index (κ1) is 18.8. The van der Waals surface area contributed by atoms with Crippen LogP contribution in [0.5, 0.6) is 11.5 Å². The van der Waals surface area contributed by atoms with Gasteiger partial charge < -0.3 is 13.9 Å². The molecule has 1 aromatic heterocycles. The van der Waals surface area contributed by atoms with E-state index in [2.05, 4.69) is 13.8 Å². The fourth-order valence-electron chi connectivity index (χ4n) is 2.84. The van der Waals surface area contributed by atoms with Gasteiger partial charge in [-0.25, -0.2) is 9.59 Å². The molecular weight excluding hydrogens is 346 g/mol. The molecule has 0 bridgehead atoms. The highest BCUT2D eigenvalue weighted by Gasteiger charge is 2.12. The first-order chi connectivity index (χ1) is 13.0. The van der Waals surface area contributed by atoms with Crippen LogP contribution >= 0.6 is 0 Å². The van der Waals surface area contributed by atoms with E-state index in [-0.39, 0.29) is 6.54 Å². The van der Waals surface area contributed by atoms with Gasteiger partial charge in [-0.1, -0.05) is 32.0 Å². The molecule has 0 fully saturated rings. The second kappa shape index (κ2) is 8.12. The van der Waals surface area contributed by atoms with E-state index in [0.29, 0.717) is 34.9 Å². The van der Waals surface area contributed by atoms with Gasteiger partial charge in [0, 0.05) is 0 Å². The second-order valence-corrected chi connectivity index (χ2v) is 6.77. The minimum atomic E-state index is -0.685. The Morgan fingerprint density at radius 3 is 2.59 bits per heavy atom. The van der Waals surface area contributed by atoms with Gasteiger partial charge in [0.1, 0.15) is 0 Å². The summed E-state index contributed by atoms with van der Waals surface area (Å²) in [4.78, 5) is 24.1. The maximum Gasteiger partial charge on any atom is 0.422 e. The lowest BCUT2D eigenvalue weighted by atomic mass is 10.1. The number of methoxy groups -OCH3 is 1. The smallest absolute Gasteiger partial charge is 0.422 e. The Labute approximate surface area is 157 Å². The molecule has 0 saturated heterocycles. The van der Waals surface area contributed by atoms with Crippen LogP contribution in [-0.4, -0.2) is 18.3 Å². The minimum Gasteiger partial charge on any atom is -0.493 e. The van der Waals surface area contributed by atoms with Crippen LogP contribution in [0, 0.1) is 5.92 Å². The minimum absolute atomic E-state index is 0.256. The summed E-state index contributed by atoms with van der Waals surface area (Å²) in [6.07, 6.45) is 0.954. The third kappa shape index (κ3) is 4.22. The van der Waals surface area contributed by atoms with Crippen LogP contribution in [0.3, 0.4) is 0 Å². The number of rotatable bonds is 7. The molecule has 6 nitrogen and oxygen atoms in total. The Kier molecular flexibility index (Phi) is 5.64. The number of hydrogen-bond acceptors (Lipinski definition) is 5. The largest absolute Gasteiger partial charge is 0.493 e. The van der Waals surface area contributed by atoms with Crippen molar-refractivity contribution in [1.29, 1.82) is 0 Å². The van der Waals surface area contributed by atoms with Gasteiger partial charge in [-0.05, 0) is 42.2 Å². The lowest BCUT2D eigenvalue weighted by molar-refractivity contribution is 0.273. The summed E-state index contributed by atoms with van der Waals surface area (Å²) in [6, 6.07) is 12.4. The Morgan fingerprint density at radius 1 is 1.07 bits per heavy atom. The third-order valence-corrected chi connectivity index (χ3v) is 4.34. The van der Waals surface area contributed by atoms with Gasteiger partial charge in [0.05, 0.1) is 31.2 Å². The van der Waals surface area contributed by atoms with Crippen molar-refractivity contribution in [2.45, 2.75) is 26.8 Å². The van der Waals surface area contributed by atoms with Crippen molar-refractivity contribution in [1.82, 2.24) is 4.57 Å². The molecule has 0 radical (unpaired) electrons. The highest BCUT2D eigenvalue weighted by atomic mass is 16.5. The zero-order valence-electron chi connectivity index (χ0n) is 15.7. The number of para-hydroxylation sites is 1. The topological polar surface area (TPSA) is 70.7 Å². The Balaban J connectivity index is 1.92. The molecule has 0 unspecified atom stereocenters. The Morgan fingerprint density at radius 2 is 1.85 bits per heavy atom. The molecule has 1 heterocycles. The maximum atomic E-state index is 12.2. The third-order valence-electron chi connectivity index (χ3n) is 4.34. The fraction of sp³-hybridized carbons (Fsp3) is 0.333. The first-order valence-electron chi connectivity index (χ1n) is 8.92. The molecular formula is C21H23NO5. The lowest BCUT2D eigenvalue weighted by Crippen LogP contribution is -2.25. The number of fused-ring (bicyclic) bond motifs is 1. The van der Waals surface area contributed by atoms with E-state index in [0.717, 1.165) is 12.0 Å². The van der Waals surface area contributed by atoms with Gasteiger partial charge in [-0.3, -0.25) is 4.57 Å². The Hall–Kier alpha value is -3.02. The van der Waals surface area contributed by atoms with Crippen LogP contribution in [0.15, 0.2) is 56.5 Å². The molecule has 0 saturated carbocycles. The SMILES string of the molecule is COc1cc(Cn2c(=O)oc(=O)c3ccccc32)ccc1OCCC(C)C. The molecule has 2 aromatic carbocycles. The van der Waals surface area contributed by atoms with Crippen molar-refractivity contribution in [2.75, 3.05) is 13.7 Å². The quantitative estimate of drug-likeness (QED) is 0.638. The van der Waals surface area contributed by atoms with Crippen molar-refractivity contribution in [3.8, 4) is 11.5 Å². The predicted molar refractivity (Wildman–Crippen MR) is 104 cm³/mol. The number of benzene rings is 2. The molecule has 142 valence electrons. The summed E-state index contributed by atoms with van der Waals surface area (Å²) < 4.78 is 17.5. The number of aromatic nitrogens is 1. The molecule has 0 spiro atoms. The van der Waals surface area contributed by atoms with Gasteiger partial charge in [-0.15, -0.1) is 0 Å². The molecule has 0 aliphatic rings. The van der Waals surface area contributed by atoms with Gasteiger partial charge in [-0.2, -0.15) is 0 Å². The van der Waals surface area contributed by atoms with Crippen molar-refractivity contribution < 1.29 is 13.9 Å². The van der Waals surface area contributed by atoms with Crippen LogP contribution in [0.2, 0.25) is 0 Å². The number of hydrogen-bond donors (Lipinski definition) is 0. The molecule has 3 aromatic rings. The van der Waals surface area contributed by atoms with E-state index < -0.39 is 11.4 Å². The summed E-state index contributed by atoms with van der Waals surface area (Å²) in [6.45, 7) is 5.15. The second-order valence-electron chi connectivity index (χ2n) is 6.77. The average molecular weight is 369 g/mol. The Bertz CT molecular complexity index is 1050. The molecule has 27 heavy (non-hydrogen) atoms. The van der Waals surface area contributed by atoms with Crippen LogP contribution in [-0.2, 0) is 6.54 Å². The van der Waals surface area contributed by atoms with E-state index in [4.69, 9.17) is 13.9 Å². The molecule has 0 N–H and O–H groups in total. The summed E-state index contributed by atoms with van der Waals surface area (Å²) in [5.74, 6) is 1.14. The van der Waals surface area contributed by atoms with Crippen molar-refractivity contribution in [2.24, 2.45) is 5.92 Å². The van der Waals surface area contributed by atoms with Gasteiger partial charge >= 0.3 is 11.4 Å². The van der Waals surface area contributed by atoms with E-state index in [9.17, 15) is 9.59 Å². The molecule has 0 aliphatic heterocycles. The monoisotopic (exact) mass is 369 g/mol. The van der Waals surface area contributed by atoms with E-state index in [1.807, 2.05) is 18.2 Å². The standard InChI is InChI=1S/C21H23NO5/c1-14(2)10-11-26-18-9-8-15(12-19(18)25-3)13-22-17-7-5-4-6-16(17)20(23)27-21(22)24/h4-9,12,14H,10-11,13H2,1-3H3. The summed E-state index contributed by atoms with van der Waals surface area (Å²) in [5, 5.41) is 0.373. The van der Waals surface area contributed by atoms with Crippen LogP contribution in [0.25, 0.3) is 10.9 Å². The predicted octanol–water partition coefficient (Wildman–Crippen LogP) is 3.44. The lowest BCUT2D eigenvalue weighted by Gasteiger charge is -2.14. The summed E-state index contributed by atoms with van der Waals surface area (Å²) in [5.41, 5.74) is 0.748. The van der Waals surface area contributed by atoms with Crippen molar-refractivity contribution in [3.63, 3.8) is 0 Å². The van der Waals surface area contributed by atoms with Crippen LogP contribution < -0.4 is 20.9 Å². The highest BCUT2D eigenvalue weighted by Crippen LogP contribution is 2.29. The summed E-state index contributed by atoms with van der Waals surface area (Å²) in [7, 11) is 1.58. The normalized spacial score (nSPS) is 11.1.